The standard InChI is InChI=1S/C10H12F2OS/c1-10(2,13)7-3-5-8(6-4-7)14-9(11)12/h3-6,9,13H,1-2H3. The minimum atomic E-state index is -2.40. The van der Waals surface area contributed by atoms with Crippen LogP contribution in [0.1, 0.15) is 19.4 Å². The van der Waals surface area contributed by atoms with Crippen molar-refractivity contribution in [3.8, 4) is 0 Å². The first-order valence-electron chi connectivity index (χ1n) is 4.17. The summed E-state index contributed by atoms with van der Waals surface area (Å²) in [5.74, 6) is -2.40. The summed E-state index contributed by atoms with van der Waals surface area (Å²) in [4.78, 5) is 0.507. The summed E-state index contributed by atoms with van der Waals surface area (Å²) >= 11 is 0.503. The van der Waals surface area contributed by atoms with E-state index in [1.807, 2.05) is 0 Å². The van der Waals surface area contributed by atoms with Gasteiger partial charge in [-0.15, -0.1) is 0 Å². The van der Waals surface area contributed by atoms with Gasteiger partial charge in [0, 0.05) is 4.90 Å². The maximum atomic E-state index is 12.0. The molecule has 1 aromatic carbocycles. The van der Waals surface area contributed by atoms with Gasteiger partial charge in [0.05, 0.1) is 5.60 Å². The molecular formula is C10H12F2OS. The SMILES string of the molecule is CC(C)(O)c1ccc(SC(F)F)cc1. The van der Waals surface area contributed by atoms with E-state index in [1.165, 1.54) is 0 Å². The first-order valence-corrected chi connectivity index (χ1v) is 5.05. The lowest BCUT2D eigenvalue weighted by molar-refractivity contribution is 0.0785. The Labute approximate surface area is 86.1 Å². The van der Waals surface area contributed by atoms with Crippen LogP contribution in [0.25, 0.3) is 0 Å². The van der Waals surface area contributed by atoms with E-state index in [0.29, 0.717) is 16.7 Å². The van der Waals surface area contributed by atoms with Gasteiger partial charge in [0.25, 0.3) is 5.76 Å². The van der Waals surface area contributed by atoms with Crippen LogP contribution in [-0.4, -0.2) is 10.9 Å². The second-order valence-electron chi connectivity index (χ2n) is 3.46. The van der Waals surface area contributed by atoms with Crippen LogP contribution in [0.2, 0.25) is 0 Å². The van der Waals surface area contributed by atoms with Crippen molar-refractivity contribution in [2.24, 2.45) is 0 Å². The molecule has 0 aliphatic rings. The smallest absolute Gasteiger partial charge is 0.288 e. The number of aliphatic hydroxyl groups is 1. The Balaban J connectivity index is 2.79. The molecule has 4 heteroatoms. The minimum absolute atomic E-state index is 0.503. The van der Waals surface area contributed by atoms with E-state index in [0.717, 1.165) is 5.56 Å². The maximum absolute atomic E-state index is 12.0. The summed E-state index contributed by atoms with van der Waals surface area (Å²) < 4.78 is 23.9. The molecule has 0 saturated carbocycles. The van der Waals surface area contributed by atoms with Crippen molar-refractivity contribution in [2.75, 3.05) is 0 Å². The molecule has 0 atom stereocenters. The molecule has 1 N–H and O–H groups in total. The Morgan fingerprint density at radius 1 is 1.21 bits per heavy atom. The Morgan fingerprint density at radius 3 is 2.07 bits per heavy atom. The van der Waals surface area contributed by atoms with E-state index in [2.05, 4.69) is 0 Å². The van der Waals surface area contributed by atoms with Crippen LogP contribution in [0, 0.1) is 0 Å². The van der Waals surface area contributed by atoms with Crippen LogP contribution in [0.5, 0.6) is 0 Å². The van der Waals surface area contributed by atoms with Crippen molar-refractivity contribution in [2.45, 2.75) is 30.1 Å². The fraction of sp³-hybridized carbons (Fsp3) is 0.400. The highest BCUT2D eigenvalue weighted by Gasteiger charge is 2.15. The molecule has 0 aromatic heterocycles. The number of benzene rings is 1. The molecule has 0 saturated heterocycles. The molecule has 78 valence electrons. The summed E-state index contributed by atoms with van der Waals surface area (Å²) in [7, 11) is 0. The van der Waals surface area contributed by atoms with Crippen LogP contribution < -0.4 is 0 Å². The average Bonchev–Trinajstić information content (AvgIpc) is 2.02. The summed E-state index contributed by atoms with van der Waals surface area (Å²) in [6, 6.07) is 6.49. The average molecular weight is 218 g/mol. The molecule has 0 fully saturated rings. The predicted octanol–water partition coefficient (Wildman–Crippen LogP) is 3.23. The van der Waals surface area contributed by atoms with Gasteiger partial charge in [-0.3, -0.25) is 0 Å². The van der Waals surface area contributed by atoms with Gasteiger partial charge in [-0.25, -0.2) is 0 Å². The van der Waals surface area contributed by atoms with E-state index >= 15 is 0 Å². The third-order valence-corrected chi connectivity index (χ3v) is 2.51. The Morgan fingerprint density at radius 2 is 1.71 bits per heavy atom. The fourth-order valence-electron chi connectivity index (χ4n) is 1.04. The highest BCUT2D eigenvalue weighted by molar-refractivity contribution is 7.99. The number of alkyl halides is 2. The van der Waals surface area contributed by atoms with Crippen LogP contribution >= 0.6 is 11.8 Å². The lowest BCUT2D eigenvalue weighted by atomic mass is 9.99. The van der Waals surface area contributed by atoms with Gasteiger partial charge in [0.2, 0.25) is 0 Å². The molecular weight excluding hydrogens is 206 g/mol. The van der Waals surface area contributed by atoms with Gasteiger partial charge in [-0.05, 0) is 31.5 Å². The third kappa shape index (κ3) is 3.27. The van der Waals surface area contributed by atoms with Gasteiger partial charge < -0.3 is 5.11 Å². The molecule has 0 bridgehead atoms. The molecule has 0 heterocycles. The molecule has 0 spiro atoms. The van der Waals surface area contributed by atoms with Crippen LogP contribution in [0.3, 0.4) is 0 Å². The highest BCUT2D eigenvalue weighted by Crippen LogP contribution is 2.27. The van der Waals surface area contributed by atoms with Gasteiger partial charge in [-0.2, -0.15) is 8.78 Å². The number of hydrogen-bond donors (Lipinski definition) is 1. The van der Waals surface area contributed by atoms with Crippen molar-refractivity contribution >= 4 is 11.8 Å². The molecule has 0 aliphatic heterocycles. The molecule has 1 nitrogen and oxygen atoms in total. The molecule has 0 aliphatic carbocycles. The Bertz CT molecular complexity index is 290. The van der Waals surface area contributed by atoms with E-state index < -0.39 is 11.4 Å². The zero-order chi connectivity index (χ0) is 10.8. The van der Waals surface area contributed by atoms with Gasteiger partial charge in [0.1, 0.15) is 0 Å². The van der Waals surface area contributed by atoms with Gasteiger partial charge >= 0.3 is 0 Å². The second kappa shape index (κ2) is 4.28. The fourth-order valence-corrected chi connectivity index (χ4v) is 1.54. The Kier molecular flexibility index (Phi) is 3.50. The first-order chi connectivity index (χ1) is 6.39. The summed E-state index contributed by atoms with van der Waals surface area (Å²) in [6.07, 6.45) is 0. The van der Waals surface area contributed by atoms with Crippen LogP contribution in [0.4, 0.5) is 8.78 Å². The lowest BCUT2D eigenvalue weighted by Gasteiger charge is -2.17. The molecule has 0 amide bonds. The van der Waals surface area contributed by atoms with Gasteiger partial charge in [0.15, 0.2) is 0 Å². The van der Waals surface area contributed by atoms with Crippen molar-refractivity contribution in [3.63, 3.8) is 0 Å². The normalized spacial score (nSPS) is 12.1. The van der Waals surface area contributed by atoms with E-state index in [-0.39, 0.29) is 0 Å². The number of rotatable bonds is 3. The third-order valence-electron chi connectivity index (χ3n) is 1.79. The zero-order valence-electron chi connectivity index (χ0n) is 8.00. The van der Waals surface area contributed by atoms with E-state index in [9.17, 15) is 13.9 Å². The second-order valence-corrected chi connectivity index (χ2v) is 4.53. The molecule has 0 unspecified atom stereocenters. The highest BCUT2D eigenvalue weighted by atomic mass is 32.2. The molecule has 14 heavy (non-hydrogen) atoms. The van der Waals surface area contributed by atoms with Crippen LogP contribution in [-0.2, 0) is 5.60 Å². The summed E-state index contributed by atoms with van der Waals surface area (Å²) in [6.45, 7) is 3.31. The number of thioether (sulfide) groups is 1. The monoisotopic (exact) mass is 218 g/mol. The Hall–Kier alpha value is -0.610. The largest absolute Gasteiger partial charge is 0.386 e. The molecule has 0 radical (unpaired) electrons. The quantitative estimate of drug-likeness (QED) is 0.786. The predicted molar refractivity (Wildman–Crippen MR) is 53.5 cm³/mol. The minimum Gasteiger partial charge on any atom is -0.386 e. The summed E-state index contributed by atoms with van der Waals surface area (Å²) in [5.41, 5.74) is -0.204. The van der Waals surface area contributed by atoms with E-state index in [4.69, 9.17) is 0 Å². The van der Waals surface area contributed by atoms with Crippen LogP contribution in [0.15, 0.2) is 29.2 Å². The first kappa shape index (κ1) is 11.5. The topological polar surface area (TPSA) is 20.2 Å². The molecule has 1 rings (SSSR count). The number of halogens is 2. The van der Waals surface area contributed by atoms with Crippen molar-refractivity contribution in [1.82, 2.24) is 0 Å². The summed E-state index contributed by atoms with van der Waals surface area (Å²) in [5, 5.41) is 9.61. The van der Waals surface area contributed by atoms with Gasteiger partial charge in [-0.1, -0.05) is 23.9 Å². The lowest BCUT2D eigenvalue weighted by Crippen LogP contribution is -2.14. The molecule has 1 aromatic rings. The zero-order valence-corrected chi connectivity index (χ0v) is 8.81. The maximum Gasteiger partial charge on any atom is 0.288 e. The van der Waals surface area contributed by atoms with Crippen molar-refractivity contribution < 1.29 is 13.9 Å². The van der Waals surface area contributed by atoms with E-state index in [1.54, 1.807) is 38.1 Å². The van der Waals surface area contributed by atoms with Crippen molar-refractivity contribution in [1.29, 1.82) is 0 Å². The number of hydrogen-bond acceptors (Lipinski definition) is 2. The van der Waals surface area contributed by atoms with Crippen molar-refractivity contribution in [3.05, 3.63) is 29.8 Å².